The summed E-state index contributed by atoms with van der Waals surface area (Å²) in [5.41, 5.74) is 0.725. The standard InChI is InChI=1S/C10H8BrClO2/c1-6(11)10(14)9-3-2-8(12)4-7(9)5-13/h2-6H,1H3. The lowest BCUT2D eigenvalue weighted by molar-refractivity contribution is 0.0989. The zero-order chi connectivity index (χ0) is 10.7. The van der Waals surface area contributed by atoms with Crippen molar-refractivity contribution in [3.8, 4) is 0 Å². The van der Waals surface area contributed by atoms with E-state index in [9.17, 15) is 9.59 Å². The molecule has 1 aromatic rings. The topological polar surface area (TPSA) is 34.1 Å². The zero-order valence-corrected chi connectivity index (χ0v) is 9.80. The number of aldehydes is 1. The van der Waals surface area contributed by atoms with Gasteiger partial charge in [-0.05, 0) is 25.1 Å². The summed E-state index contributed by atoms with van der Waals surface area (Å²) in [7, 11) is 0. The number of alkyl halides is 1. The normalized spacial score (nSPS) is 12.2. The summed E-state index contributed by atoms with van der Waals surface area (Å²) < 4.78 is 0. The number of ketones is 1. The number of carbonyl (C=O) groups excluding carboxylic acids is 2. The maximum atomic E-state index is 11.6. The van der Waals surface area contributed by atoms with Gasteiger partial charge >= 0.3 is 0 Å². The second kappa shape index (κ2) is 4.71. The lowest BCUT2D eigenvalue weighted by Crippen LogP contribution is -2.12. The quantitative estimate of drug-likeness (QED) is 0.482. The maximum absolute atomic E-state index is 11.6. The van der Waals surface area contributed by atoms with Gasteiger partial charge in [0.1, 0.15) is 0 Å². The van der Waals surface area contributed by atoms with Gasteiger partial charge < -0.3 is 0 Å². The number of halogens is 2. The minimum Gasteiger partial charge on any atom is -0.298 e. The molecule has 0 aliphatic rings. The van der Waals surface area contributed by atoms with Crippen LogP contribution in [0.25, 0.3) is 0 Å². The van der Waals surface area contributed by atoms with E-state index in [0.717, 1.165) is 0 Å². The molecular formula is C10H8BrClO2. The highest BCUT2D eigenvalue weighted by molar-refractivity contribution is 9.10. The van der Waals surface area contributed by atoms with E-state index in [4.69, 9.17) is 11.6 Å². The highest BCUT2D eigenvalue weighted by Gasteiger charge is 2.15. The van der Waals surface area contributed by atoms with Gasteiger partial charge in [-0.15, -0.1) is 0 Å². The van der Waals surface area contributed by atoms with Crippen LogP contribution in [0.3, 0.4) is 0 Å². The third kappa shape index (κ3) is 2.42. The van der Waals surface area contributed by atoms with Crippen LogP contribution in [0, 0.1) is 0 Å². The van der Waals surface area contributed by atoms with Crippen molar-refractivity contribution in [2.75, 3.05) is 0 Å². The van der Waals surface area contributed by atoms with Gasteiger partial charge in [-0.1, -0.05) is 27.5 Å². The molecule has 0 heterocycles. The molecule has 1 rings (SSSR count). The lowest BCUT2D eigenvalue weighted by Gasteiger charge is -2.05. The van der Waals surface area contributed by atoms with Gasteiger partial charge in [0.15, 0.2) is 12.1 Å². The Kier molecular flexibility index (Phi) is 3.84. The average molecular weight is 276 g/mol. The van der Waals surface area contributed by atoms with E-state index in [2.05, 4.69) is 15.9 Å². The van der Waals surface area contributed by atoms with Gasteiger partial charge in [-0.3, -0.25) is 9.59 Å². The molecule has 0 aliphatic carbocycles. The first-order valence-electron chi connectivity index (χ1n) is 3.99. The number of carbonyl (C=O) groups is 2. The number of benzene rings is 1. The van der Waals surface area contributed by atoms with Crippen molar-refractivity contribution in [1.29, 1.82) is 0 Å². The van der Waals surface area contributed by atoms with E-state index in [0.29, 0.717) is 22.4 Å². The van der Waals surface area contributed by atoms with E-state index >= 15 is 0 Å². The Hall–Kier alpha value is -0.670. The second-order valence-corrected chi connectivity index (χ2v) is 4.64. The van der Waals surface area contributed by atoms with Crippen LogP contribution in [-0.4, -0.2) is 16.9 Å². The van der Waals surface area contributed by atoms with Crippen molar-refractivity contribution in [3.05, 3.63) is 34.3 Å². The molecule has 1 atom stereocenters. The van der Waals surface area contributed by atoms with Gasteiger partial charge in [0.05, 0.1) is 4.83 Å². The monoisotopic (exact) mass is 274 g/mol. The molecule has 0 amide bonds. The highest BCUT2D eigenvalue weighted by Crippen LogP contribution is 2.18. The van der Waals surface area contributed by atoms with Gasteiger partial charge in [0.2, 0.25) is 0 Å². The Balaban J connectivity index is 3.20. The molecule has 0 saturated heterocycles. The van der Waals surface area contributed by atoms with Gasteiger partial charge in [-0.25, -0.2) is 0 Å². The maximum Gasteiger partial charge on any atom is 0.176 e. The Morgan fingerprint density at radius 2 is 2.21 bits per heavy atom. The first-order chi connectivity index (χ1) is 6.56. The fourth-order valence-corrected chi connectivity index (χ4v) is 1.50. The van der Waals surface area contributed by atoms with E-state index in [-0.39, 0.29) is 10.6 Å². The molecule has 1 aromatic carbocycles. The summed E-state index contributed by atoms with van der Waals surface area (Å²) in [5.74, 6) is -0.122. The molecule has 0 fully saturated rings. The fraction of sp³-hybridized carbons (Fsp3) is 0.200. The molecule has 0 bridgehead atoms. The van der Waals surface area contributed by atoms with Crippen molar-refractivity contribution >= 4 is 39.6 Å². The zero-order valence-electron chi connectivity index (χ0n) is 7.46. The van der Waals surface area contributed by atoms with E-state index < -0.39 is 0 Å². The van der Waals surface area contributed by atoms with Gasteiger partial charge in [0, 0.05) is 16.1 Å². The van der Waals surface area contributed by atoms with E-state index in [1.54, 1.807) is 19.1 Å². The van der Waals surface area contributed by atoms with Crippen LogP contribution in [0.2, 0.25) is 5.02 Å². The van der Waals surface area contributed by atoms with Crippen molar-refractivity contribution in [2.24, 2.45) is 0 Å². The molecule has 14 heavy (non-hydrogen) atoms. The summed E-state index contributed by atoms with van der Waals surface area (Å²) in [6.45, 7) is 1.71. The SMILES string of the molecule is CC(Br)C(=O)c1ccc(Cl)cc1C=O. The molecule has 1 unspecified atom stereocenters. The predicted molar refractivity (Wildman–Crippen MR) is 59.6 cm³/mol. The van der Waals surface area contributed by atoms with Crippen LogP contribution in [0.5, 0.6) is 0 Å². The Labute approximate surface area is 95.4 Å². The molecule has 2 nitrogen and oxygen atoms in total. The Bertz CT molecular complexity index is 374. The van der Waals surface area contributed by atoms with Crippen LogP contribution in [0.1, 0.15) is 27.6 Å². The fourth-order valence-electron chi connectivity index (χ4n) is 1.07. The second-order valence-electron chi connectivity index (χ2n) is 2.83. The first kappa shape index (κ1) is 11.4. The Morgan fingerprint density at radius 3 is 2.71 bits per heavy atom. The summed E-state index contributed by atoms with van der Waals surface area (Å²) in [6, 6.07) is 4.64. The Morgan fingerprint density at radius 1 is 1.57 bits per heavy atom. The van der Waals surface area contributed by atoms with Crippen LogP contribution in [0.4, 0.5) is 0 Å². The molecule has 0 spiro atoms. The van der Waals surface area contributed by atoms with Gasteiger partial charge in [0.25, 0.3) is 0 Å². The summed E-state index contributed by atoms with van der Waals surface area (Å²) in [6.07, 6.45) is 0.633. The molecule has 0 aromatic heterocycles. The summed E-state index contributed by atoms with van der Waals surface area (Å²) >= 11 is 8.86. The predicted octanol–water partition coefficient (Wildman–Crippen LogP) is 3.12. The minimum atomic E-state index is -0.303. The molecule has 0 saturated carbocycles. The van der Waals surface area contributed by atoms with Crippen LogP contribution < -0.4 is 0 Å². The van der Waals surface area contributed by atoms with Crippen molar-refractivity contribution in [2.45, 2.75) is 11.8 Å². The molecular weight excluding hydrogens is 267 g/mol. The summed E-state index contributed by atoms with van der Waals surface area (Å²) in [5, 5.41) is 0.450. The highest BCUT2D eigenvalue weighted by atomic mass is 79.9. The van der Waals surface area contributed by atoms with E-state index in [1.807, 2.05) is 0 Å². The van der Waals surface area contributed by atoms with Crippen molar-refractivity contribution < 1.29 is 9.59 Å². The van der Waals surface area contributed by atoms with Crippen molar-refractivity contribution in [3.63, 3.8) is 0 Å². The minimum absolute atomic E-state index is 0.122. The first-order valence-corrected chi connectivity index (χ1v) is 5.28. The van der Waals surface area contributed by atoms with Crippen LogP contribution >= 0.6 is 27.5 Å². The van der Waals surface area contributed by atoms with Crippen LogP contribution in [-0.2, 0) is 0 Å². The smallest absolute Gasteiger partial charge is 0.176 e. The molecule has 74 valence electrons. The number of rotatable bonds is 3. The largest absolute Gasteiger partial charge is 0.298 e. The van der Waals surface area contributed by atoms with Crippen molar-refractivity contribution in [1.82, 2.24) is 0 Å². The third-order valence-corrected chi connectivity index (χ3v) is 2.42. The van der Waals surface area contributed by atoms with Gasteiger partial charge in [-0.2, -0.15) is 0 Å². The molecule has 0 aliphatic heterocycles. The number of hydrogen-bond donors (Lipinski definition) is 0. The molecule has 4 heteroatoms. The molecule has 0 radical (unpaired) electrons. The average Bonchev–Trinajstić information content (AvgIpc) is 2.16. The number of Topliss-reactive ketones (excluding diaryl/α,β-unsaturated/α-hetero) is 1. The lowest BCUT2D eigenvalue weighted by atomic mass is 10.0. The number of hydrogen-bond acceptors (Lipinski definition) is 2. The third-order valence-electron chi connectivity index (χ3n) is 1.77. The molecule has 0 N–H and O–H groups in total. The summed E-state index contributed by atoms with van der Waals surface area (Å²) in [4.78, 5) is 22.0. The van der Waals surface area contributed by atoms with E-state index in [1.165, 1.54) is 6.07 Å². The van der Waals surface area contributed by atoms with Crippen LogP contribution in [0.15, 0.2) is 18.2 Å².